The molecule has 2 aliphatic rings. The van der Waals surface area contributed by atoms with Gasteiger partial charge in [-0.05, 0) is 35.0 Å². The molecule has 1 N–H and O–H groups in total. The summed E-state index contributed by atoms with van der Waals surface area (Å²) in [5.74, 6) is -0.561. The Hall–Kier alpha value is -1.47. The average Bonchev–Trinajstić information content (AvgIpc) is 3.29. The van der Waals surface area contributed by atoms with Gasteiger partial charge >= 0.3 is 5.97 Å². The number of thiophene rings is 2. The molecule has 0 aliphatic carbocycles. The van der Waals surface area contributed by atoms with E-state index >= 15 is 0 Å². The van der Waals surface area contributed by atoms with Crippen molar-refractivity contribution in [3.8, 4) is 0 Å². The summed E-state index contributed by atoms with van der Waals surface area (Å²) in [5, 5.41) is 15.0. The van der Waals surface area contributed by atoms with E-state index in [0.717, 1.165) is 17.3 Å². The number of carbonyl (C=O) groups excluding carboxylic acids is 1. The molecule has 1 unspecified atom stereocenters. The highest BCUT2D eigenvalue weighted by atomic mass is 32.1. The Morgan fingerprint density at radius 3 is 2.08 bits per heavy atom. The van der Waals surface area contributed by atoms with Crippen molar-refractivity contribution in [1.82, 2.24) is 0 Å². The smallest absolute Gasteiger partial charge is 0.349 e. The number of hydrogen-bond donors (Lipinski definition) is 1. The van der Waals surface area contributed by atoms with Crippen molar-refractivity contribution in [3.05, 3.63) is 56.9 Å². The fourth-order valence-corrected chi connectivity index (χ4v) is 5.62. The molecule has 25 heavy (non-hydrogen) atoms. The third-order valence-corrected chi connectivity index (χ3v) is 7.56. The topological polar surface area (TPSA) is 46.5 Å². The standard InChI is InChI=1S/C19H22NO3S2/c1-20(2)13-7-8-14(20)12-15(11-13)23-18(21)19(22,16-5-3-9-24-16)17-6-4-10-25-17/h3-10,13-15,22H,11-12H2,1-2H3/q+1/t13-,14+,15?. The van der Waals surface area contributed by atoms with Crippen molar-refractivity contribution >= 4 is 28.6 Å². The first-order valence-electron chi connectivity index (χ1n) is 8.45. The zero-order valence-electron chi connectivity index (χ0n) is 14.3. The van der Waals surface area contributed by atoms with E-state index in [1.165, 1.54) is 22.7 Å². The molecule has 0 radical (unpaired) electrons. The van der Waals surface area contributed by atoms with Gasteiger partial charge in [0.1, 0.15) is 18.2 Å². The quantitative estimate of drug-likeness (QED) is 0.507. The molecule has 4 heterocycles. The van der Waals surface area contributed by atoms with Crippen molar-refractivity contribution in [2.75, 3.05) is 14.1 Å². The predicted octanol–water partition coefficient (Wildman–Crippen LogP) is 3.13. The Morgan fingerprint density at radius 2 is 1.64 bits per heavy atom. The predicted molar refractivity (Wildman–Crippen MR) is 99.6 cm³/mol. The number of carbonyl (C=O) groups is 1. The van der Waals surface area contributed by atoms with E-state index in [0.29, 0.717) is 21.8 Å². The van der Waals surface area contributed by atoms with Gasteiger partial charge in [0.05, 0.1) is 23.8 Å². The lowest BCUT2D eigenvalue weighted by molar-refractivity contribution is -0.926. The minimum atomic E-state index is -1.71. The van der Waals surface area contributed by atoms with Crippen LogP contribution in [0.1, 0.15) is 22.6 Å². The van der Waals surface area contributed by atoms with Crippen LogP contribution in [0.15, 0.2) is 47.2 Å². The van der Waals surface area contributed by atoms with E-state index in [1.54, 1.807) is 12.1 Å². The minimum absolute atomic E-state index is 0.157. The SMILES string of the molecule is C[N+]1(C)[C@@H]2C=C[C@H]1CC(OC(=O)C(O)(c1cccs1)c1cccs1)C2. The Morgan fingerprint density at radius 1 is 1.12 bits per heavy atom. The summed E-state index contributed by atoms with van der Waals surface area (Å²) in [6.45, 7) is 0. The summed E-state index contributed by atoms with van der Waals surface area (Å²) in [4.78, 5) is 14.2. The second-order valence-corrected chi connectivity index (χ2v) is 9.21. The van der Waals surface area contributed by atoms with Crippen LogP contribution in [-0.4, -0.2) is 47.8 Å². The Kier molecular flexibility index (Phi) is 4.11. The van der Waals surface area contributed by atoms with Gasteiger partial charge < -0.3 is 14.3 Å². The van der Waals surface area contributed by atoms with Gasteiger partial charge in [0.25, 0.3) is 0 Å². The largest absolute Gasteiger partial charge is 0.459 e. The molecule has 1 saturated heterocycles. The van der Waals surface area contributed by atoms with Gasteiger partial charge in [-0.2, -0.15) is 0 Å². The number of piperidine rings is 1. The van der Waals surface area contributed by atoms with Crippen molar-refractivity contribution in [2.45, 2.75) is 36.6 Å². The number of nitrogens with zero attached hydrogens (tertiary/aromatic N) is 1. The molecule has 2 bridgehead atoms. The van der Waals surface area contributed by atoms with E-state index in [9.17, 15) is 9.90 Å². The van der Waals surface area contributed by atoms with Crippen molar-refractivity contribution in [1.29, 1.82) is 0 Å². The van der Waals surface area contributed by atoms with Crippen LogP contribution in [0.4, 0.5) is 0 Å². The number of fused-ring (bicyclic) bond motifs is 2. The van der Waals surface area contributed by atoms with Gasteiger partial charge in [-0.1, -0.05) is 12.1 Å². The normalized spacial score (nSPS) is 27.4. The van der Waals surface area contributed by atoms with Crippen molar-refractivity contribution in [3.63, 3.8) is 0 Å². The van der Waals surface area contributed by atoms with E-state index in [1.807, 2.05) is 22.9 Å². The van der Waals surface area contributed by atoms with Crippen LogP contribution in [0.2, 0.25) is 0 Å². The highest BCUT2D eigenvalue weighted by Crippen LogP contribution is 2.40. The molecule has 4 nitrogen and oxygen atoms in total. The molecule has 1 fully saturated rings. The Bertz CT molecular complexity index is 727. The second-order valence-electron chi connectivity index (χ2n) is 7.31. The lowest BCUT2D eigenvalue weighted by Gasteiger charge is -2.44. The molecule has 0 amide bonds. The molecule has 132 valence electrons. The summed E-state index contributed by atoms with van der Waals surface area (Å²) >= 11 is 2.74. The number of ether oxygens (including phenoxy) is 1. The number of esters is 1. The Balaban J connectivity index is 1.57. The molecule has 4 rings (SSSR count). The summed E-state index contributed by atoms with van der Waals surface area (Å²) in [6, 6.07) is 8.00. The molecule has 0 aromatic carbocycles. The fourth-order valence-electron chi connectivity index (χ4n) is 3.91. The molecule has 6 heteroatoms. The highest BCUT2D eigenvalue weighted by Gasteiger charge is 2.49. The molecule has 3 atom stereocenters. The van der Waals surface area contributed by atoms with Crippen LogP contribution in [0.3, 0.4) is 0 Å². The van der Waals surface area contributed by atoms with Crippen LogP contribution in [-0.2, 0) is 15.1 Å². The molecule has 2 aliphatic heterocycles. The summed E-state index contributed by atoms with van der Waals surface area (Å²) in [7, 11) is 4.45. The number of hydrogen-bond acceptors (Lipinski definition) is 5. The summed E-state index contributed by atoms with van der Waals surface area (Å²) in [6.07, 6.45) is 5.93. The first kappa shape index (κ1) is 17.0. The first-order valence-corrected chi connectivity index (χ1v) is 10.2. The maximum absolute atomic E-state index is 13.0. The lowest BCUT2D eigenvalue weighted by Crippen LogP contribution is -2.57. The van der Waals surface area contributed by atoms with Gasteiger partial charge in [-0.15, -0.1) is 22.7 Å². The zero-order valence-corrected chi connectivity index (χ0v) is 15.9. The summed E-state index contributed by atoms with van der Waals surface area (Å²) in [5.41, 5.74) is -1.71. The maximum atomic E-state index is 13.0. The average molecular weight is 377 g/mol. The van der Waals surface area contributed by atoms with Crippen molar-refractivity contribution < 1.29 is 19.1 Å². The fraction of sp³-hybridized carbons (Fsp3) is 0.421. The highest BCUT2D eigenvalue weighted by molar-refractivity contribution is 7.12. The van der Waals surface area contributed by atoms with Gasteiger partial charge in [0, 0.05) is 12.8 Å². The van der Waals surface area contributed by atoms with Crippen LogP contribution in [0.25, 0.3) is 0 Å². The summed E-state index contributed by atoms with van der Waals surface area (Å²) < 4.78 is 6.78. The first-order chi connectivity index (χ1) is 11.9. The van der Waals surface area contributed by atoms with Gasteiger partial charge in [-0.25, -0.2) is 4.79 Å². The third kappa shape index (κ3) is 2.68. The molecular formula is C19H22NO3S2+. The minimum Gasteiger partial charge on any atom is -0.459 e. The zero-order chi connectivity index (χ0) is 17.7. The number of aliphatic hydroxyl groups is 1. The van der Waals surface area contributed by atoms with E-state index in [4.69, 9.17) is 4.74 Å². The van der Waals surface area contributed by atoms with Crippen LogP contribution < -0.4 is 0 Å². The maximum Gasteiger partial charge on any atom is 0.349 e. The monoisotopic (exact) mass is 376 g/mol. The Labute approximate surface area is 155 Å². The van der Waals surface area contributed by atoms with Crippen molar-refractivity contribution in [2.24, 2.45) is 0 Å². The van der Waals surface area contributed by atoms with Gasteiger partial charge in [0.2, 0.25) is 5.60 Å². The van der Waals surface area contributed by atoms with Gasteiger partial charge in [-0.3, -0.25) is 0 Å². The second kappa shape index (κ2) is 6.06. The van der Waals surface area contributed by atoms with E-state index in [-0.39, 0.29) is 6.10 Å². The van der Waals surface area contributed by atoms with Gasteiger partial charge in [0.15, 0.2) is 0 Å². The number of quaternary nitrogens is 1. The van der Waals surface area contributed by atoms with E-state index < -0.39 is 11.6 Å². The molecule has 0 saturated carbocycles. The number of rotatable bonds is 4. The number of likely N-dealkylation sites (N-methyl/N-ethyl adjacent to an activating group) is 1. The lowest BCUT2D eigenvalue weighted by atomic mass is 9.95. The van der Waals surface area contributed by atoms with E-state index in [2.05, 4.69) is 26.2 Å². The van der Waals surface area contributed by atoms with Crippen LogP contribution in [0.5, 0.6) is 0 Å². The molecule has 2 aromatic heterocycles. The van der Waals surface area contributed by atoms with Crippen LogP contribution >= 0.6 is 22.7 Å². The molecule has 2 aromatic rings. The van der Waals surface area contributed by atoms with Crippen LogP contribution in [0, 0.1) is 0 Å². The third-order valence-electron chi connectivity index (χ3n) is 5.60. The molecular weight excluding hydrogens is 354 g/mol. The molecule has 0 spiro atoms.